The lowest BCUT2D eigenvalue weighted by Gasteiger charge is -2.27. The van der Waals surface area contributed by atoms with Crippen LogP contribution in [0.2, 0.25) is 0 Å². The molecule has 4 heteroatoms. The van der Waals surface area contributed by atoms with Crippen molar-refractivity contribution >= 4 is 0 Å². The minimum Gasteiger partial charge on any atom is -0.313 e. The maximum absolute atomic E-state index is 13.4. The van der Waals surface area contributed by atoms with Crippen molar-refractivity contribution in [2.75, 3.05) is 19.6 Å². The van der Waals surface area contributed by atoms with Gasteiger partial charge in [-0.1, -0.05) is 19.9 Å². The first-order valence-electron chi connectivity index (χ1n) is 7.72. The molecule has 0 bridgehead atoms. The molecule has 1 aromatic rings. The number of nitrogens with zero attached hydrogens (tertiary/aromatic N) is 2. The SMILES string of the molecule is CC(C)CN(Cc1ccc(F)c(C#N)c1)CC1CCCN1. The van der Waals surface area contributed by atoms with Gasteiger partial charge in [0.05, 0.1) is 5.56 Å². The highest BCUT2D eigenvalue weighted by molar-refractivity contribution is 5.34. The molecule has 0 saturated carbocycles. The van der Waals surface area contributed by atoms with Gasteiger partial charge in [-0.3, -0.25) is 4.90 Å². The van der Waals surface area contributed by atoms with Crippen LogP contribution in [0.25, 0.3) is 0 Å². The molecule has 1 N–H and O–H groups in total. The third kappa shape index (κ3) is 4.80. The predicted molar refractivity (Wildman–Crippen MR) is 82.3 cm³/mol. The van der Waals surface area contributed by atoms with Crippen molar-refractivity contribution < 1.29 is 4.39 Å². The van der Waals surface area contributed by atoms with Gasteiger partial charge in [0.15, 0.2) is 0 Å². The molecule has 0 aromatic heterocycles. The fraction of sp³-hybridized carbons (Fsp3) is 0.588. The lowest BCUT2D eigenvalue weighted by Crippen LogP contribution is -2.39. The van der Waals surface area contributed by atoms with Crippen LogP contribution in [-0.4, -0.2) is 30.6 Å². The van der Waals surface area contributed by atoms with Crippen molar-refractivity contribution in [2.45, 2.75) is 39.3 Å². The van der Waals surface area contributed by atoms with E-state index in [4.69, 9.17) is 5.26 Å². The van der Waals surface area contributed by atoms with Gasteiger partial charge in [-0.2, -0.15) is 5.26 Å². The second-order valence-electron chi connectivity index (χ2n) is 6.31. The summed E-state index contributed by atoms with van der Waals surface area (Å²) in [5, 5.41) is 12.5. The fourth-order valence-corrected chi connectivity index (χ4v) is 2.96. The Labute approximate surface area is 126 Å². The van der Waals surface area contributed by atoms with Crippen LogP contribution in [-0.2, 0) is 6.54 Å². The van der Waals surface area contributed by atoms with E-state index in [0.29, 0.717) is 12.0 Å². The standard InChI is InChI=1S/C17H24FN3/c1-13(2)10-21(12-16-4-3-7-20-16)11-14-5-6-17(18)15(8-14)9-19/h5-6,8,13,16,20H,3-4,7,10-12H2,1-2H3. The quantitative estimate of drug-likeness (QED) is 0.875. The lowest BCUT2D eigenvalue weighted by molar-refractivity contribution is 0.216. The Morgan fingerprint density at radius 2 is 2.29 bits per heavy atom. The largest absolute Gasteiger partial charge is 0.313 e. The van der Waals surface area contributed by atoms with Crippen molar-refractivity contribution in [1.82, 2.24) is 10.2 Å². The molecular formula is C17H24FN3. The van der Waals surface area contributed by atoms with E-state index >= 15 is 0 Å². The van der Waals surface area contributed by atoms with Gasteiger partial charge < -0.3 is 5.32 Å². The van der Waals surface area contributed by atoms with Gasteiger partial charge in [-0.25, -0.2) is 4.39 Å². The molecule has 0 spiro atoms. The maximum atomic E-state index is 13.4. The molecule has 1 aromatic carbocycles. The van der Waals surface area contributed by atoms with Crippen LogP contribution in [0.5, 0.6) is 0 Å². The van der Waals surface area contributed by atoms with E-state index in [1.54, 1.807) is 12.1 Å². The molecule has 1 saturated heterocycles. The third-order valence-corrected chi connectivity index (χ3v) is 3.82. The first kappa shape index (κ1) is 15.9. The number of benzene rings is 1. The van der Waals surface area contributed by atoms with Gasteiger partial charge in [0.1, 0.15) is 11.9 Å². The molecule has 1 aliphatic heterocycles. The molecule has 1 aliphatic rings. The molecular weight excluding hydrogens is 265 g/mol. The Balaban J connectivity index is 2.04. The van der Waals surface area contributed by atoms with Crippen molar-refractivity contribution in [3.05, 3.63) is 35.1 Å². The van der Waals surface area contributed by atoms with E-state index in [0.717, 1.165) is 31.7 Å². The highest BCUT2D eigenvalue weighted by Gasteiger charge is 2.19. The Hall–Kier alpha value is -1.44. The van der Waals surface area contributed by atoms with Crippen LogP contribution in [0.4, 0.5) is 4.39 Å². The molecule has 0 radical (unpaired) electrons. The summed E-state index contributed by atoms with van der Waals surface area (Å²) in [6.07, 6.45) is 2.47. The van der Waals surface area contributed by atoms with Crippen LogP contribution in [0.15, 0.2) is 18.2 Å². The Bertz CT molecular complexity index is 501. The molecule has 2 rings (SSSR count). The van der Waals surface area contributed by atoms with Gasteiger partial charge in [0.2, 0.25) is 0 Å². The van der Waals surface area contributed by atoms with Crippen LogP contribution in [0, 0.1) is 23.1 Å². The molecule has 3 nitrogen and oxygen atoms in total. The average molecular weight is 289 g/mol. The van der Waals surface area contributed by atoms with Gasteiger partial charge >= 0.3 is 0 Å². The van der Waals surface area contributed by atoms with E-state index in [1.165, 1.54) is 18.9 Å². The molecule has 1 atom stereocenters. The topological polar surface area (TPSA) is 39.1 Å². The summed E-state index contributed by atoms with van der Waals surface area (Å²) < 4.78 is 13.4. The summed E-state index contributed by atoms with van der Waals surface area (Å²) in [6, 6.07) is 7.32. The number of halogens is 1. The van der Waals surface area contributed by atoms with Crippen LogP contribution in [0.3, 0.4) is 0 Å². The number of nitrogens with one attached hydrogen (secondary N) is 1. The van der Waals surface area contributed by atoms with E-state index in [-0.39, 0.29) is 5.56 Å². The molecule has 1 fully saturated rings. The van der Waals surface area contributed by atoms with E-state index in [2.05, 4.69) is 24.1 Å². The van der Waals surface area contributed by atoms with Crippen LogP contribution < -0.4 is 5.32 Å². The zero-order valence-corrected chi connectivity index (χ0v) is 12.9. The van der Waals surface area contributed by atoms with Gasteiger partial charge in [0.25, 0.3) is 0 Å². The van der Waals surface area contributed by atoms with Crippen molar-refractivity contribution in [3.63, 3.8) is 0 Å². The zero-order chi connectivity index (χ0) is 15.2. The number of nitriles is 1. The Morgan fingerprint density at radius 1 is 1.48 bits per heavy atom. The molecule has 1 unspecified atom stereocenters. The first-order chi connectivity index (χ1) is 10.1. The number of hydrogen-bond acceptors (Lipinski definition) is 3. The predicted octanol–water partition coefficient (Wildman–Crippen LogP) is 2.91. The van der Waals surface area contributed by atoms with Crippen LogP contribution in [0.1, 0.15) is 37.8 Å². The molecule has 21 heavy (non-hydrogen) atoms. The highest BCUT2D eigenvalue weighted by atomic mass is 19.1. The van der Waals surface area contributed by atoms with E-state index in [1.807, 2.05) is 6.07 Å². The van der Waals surface area contributed by atoms with Crippen molar-refractivity contribution in [3.8, 4) is 6.07 Å². The fourth-order valence-electron chi connectivity index (χ4n) is 2.96. The van der Waals surface area contributed by atoms with E-state index < -0.39 is 5.82 Å². The van der Waals surface area contributed by atoms with E-state index in [9.17, 15) is 4.39 Å². The summed E-state index contributed by atoms with van der Waals surface area (Å²) in [4.78, 5) is 2.40. The van der Waals surface area contributed by atoms with Crippen LogP contribution >= 0.6 is 0 Å². The van der Waals surface area contributed by atoms with Gasteiger partial charge in [-0.05, 0) is 43.0 Å². The zero-order valence-electron chi connectivity index (χ0n) is 12.9. The Kier molecular flexibility index (Phi) is 5.72. The number of hydrogen-bond donors (Lipinski definition) is 1. The summed E-state index contributed by atoms with van der Waals surface area (Å²) in [7, 11) is 0. The maximum Gasteiger partial charge on any atom is 0.140 e. The molecule has 114 valence electrons. The van der Waals surface area contributed by atoms with Crippen molar-refractivity contribution in [1.29, 1.82) is 5.26 Å². The number of rotatable bonds is 6. The highest BCUT2D eigenvalue weighted by Crippen LogP contribution is 2.15. The summed E-state index contributed by atoms with van der Waals surface area (Å²) in [5.74, 6) is 0.149. The van der Waals surface area contributed by atoms with Gasteiger partial charge in [0, 0.05) is 25.7 Å². The first-order valence-corrected chi connectivity index (χ1v) is 7.72. The second kappa shape index (κ2) is 7.53. The minimum absolute atomic E-state index is 0.135. The Morgan fingerprint density at radius 3 is 2.90 bits per heavy atom. The molecule has 0 amide bonds. The summed E-state index contributed by atoms with van der Waals surface area (Å²) >= 11 is 0. The summed E-state index contributed by atoms with van der Waals surface area (Å²) in [6.45, 7) is 8.32. The molecule has 0 aliphatic carbocycles. The summed E-state index contributed by atoms with van der Waals surface area (Å²) in [5.41, 5.74) is 1.14. The third-order valence-electron chi connectivity index (χ3n) is 3.82. The molecule has 1 heterocycles. The lowest BCUT2D eigenvalue weighted by atomic mass is 10.1. The normalized spacial score (nSPS) is 18.4. The monoisotopic (exact) mass is 289 g/mol. The second-order valence-corrected chi connectivity index (χ2v) is 6.31. The van der Waals surface area contributed by atoms with Crippen molar-refractivity contribution in [2.24, 2.45) is 5.92 Å². The average Bonchev–Trinajstić information content (AvgIpc) is 2.93. The smallest absolute Gasteiger partial charge is 0.140 e. The minimum atomic E-state index is -0.436. The van der Waals surface area contributed by atoms with Gasteiger partial charge in [-0.15, -0.1) is 0 Å².